The van der Waals surface area contributed by atoms with Crippen LogP contribution in [0.5, 0.6) is 0 Å². The van der Waals surface area contributed by atoms with Gasteiger partial charge in [-0.15, -0.1) is 0 Å². The number of aliphatic hydroxyl groups excluding tert-OH is 1. The van der Waals surface area contributed by atoms with Gasteiger partial charge >= 0.3 is 5.97 Å². The van der Waals surface area contributed by atoms with Crippen molar-refractivity contribution in [2.75, 3.05) is 6.54 Å². The van der Waals surface area contributed by atoms with E-state index >= 15 is 0 Å². The van der Waals surface area contributed by atoms with Crippen LogP contribution in [0.3, 0.4) is 0 Å². The highest BCUT2D eigenvalue weighted by Crippen LogP contribution is 2.11. The van der Waals surface area contributed by atoms with Gasteiger partial charge in [0.15, 0.2) is 6.10 Å². The number of carboxylic acids is 1. The second kappa shape index (κ2) is 6.16. The molecule has 2 rings (SSSR count). The van der Waals surface area contributed by atoms with Gasteiger partial charge < -0.3 is 20.1 Å². The van der Waals surface area contributed by atoms with Crippen LogP contribution in [0.25, 0.3) is 11.0 Å². The third kappa shape index (κ3) is 3.33. The van der Waals surface area contributed by atoms with E-state index in [1.807, 2.05) is 24.3 Å². The van der Waals surface area contributed by atoms with Crippen LogP contribution in [0, 0.1) is 0 Å². The molecule has 1 heterocycles. The fourth-order valence-corrected chi connectivity index (χ4v) is 1.82. The topological polar surface area (TPSA) is 104 Å². The number of carbonyl (C=O) groups excluding carboxylic acids is 1. The summed E-state index contributed by atoms with van der Waals surface area (Å²) in [6, 6.07) is 7.45. The average molecular weight is 277 g/mol. The Kier molecular flexibility index (Phi) is 4.31. The minimum Gasteiger partial charge on any atom is -0.479 e. The number of hydrogen-bond acceptors (Lipinski definition) is 4. The van der Waals surface area contributed by atoms with Gasteiger partial charge in [-0.05, 0) is 12.1 Å². The summed E-state index contributed by atoms with van der Waals surface area (Å²) in [5.41, 5.74) is 1.66. The van der Waals surface area contributed by atoms with E-state index in [4.69, 9.17) is 10.2 Å². The van der Waals surface area contributed by atoms with E-state index < -0.39 is 12.1 Å². The van der Waals surface area contributed by atoms with Gasteiger partial charge in [-0.25, -0.2) is 9.78 Å². The average Bonchev–Trinajstić information content (AvgIpc) is 2.82. The summed E-state index contributed by atoms with van der Waals surface area (Å²) in [5, 5.41) is 20.1. The minimum atomic E-state index is -1.45. The molecule has 2 aromatic rings. The number of carbonyl (C=O) groups is 2. The summed E-state index contributed by atoms with van der Waals surface area (Å²) in [5.74, 6) is -1.55. The van der Waals surface area contributed by atoms with E-state index in [2.05, 4.69) is 10.3 Å². The van der Waals surface area contributed by atoms with Crippen molar-refractivity contribution in [3.05, 3.63) is 30.6 Å². The number of hydrogen-bond donors (Lipinski definition) is 3. The van der Waals surface area contributed by atoms with Crippen LogP contribution >= 0.6 is 0 Å². The molecule has 0 aliphatic heterocycles. The zero-order valence-electron chi connectivity index (χ0n) is 10.7. The fraction of sp³-hybridized carbons (Fsp3) is 0.308. The summed E-state index contributed by atoms with van der Waals surface area (Å²) in [6.07, 6.45) is 0.103. The monoisotopic (exact) mass is 277 g/mol. The zero-order chi connectivity index (χ0) is 14.5. The lowest BCUT2D eigenvalue weighted by molar-refractivity contribution is -0.147. The van der Waals surface area contributed by atoms with Gasteiger partial charge in [-0.1, -0.05) is 12.1 Å². The number of nitrogens with one attached hydrogen (secondary N) is 1. The van der Waals surface area contributed by atoms with E-state index in [9.17, 15) is 9.59 Å². The highest BCUT2D eigenvalue weighted by molar-refractivity contribution is 5.80. The Labute approximate surface area is 114 Å². The van der Waals surface area contributed by atoms with Crippen LogP contribution in [0.15, 0.2) is 30.6 Å². The highest BCUT2D eigenvalue weighted by Gasteiger charge is 2.13. The molecule has 1 aromatic heterocycles. The number of aliphatic hydroxyl groups is 1. The van der Waals surface area contributed by atoms with Crippen molar-refractivity contribution >= 4 is 22.9 Å². The number of imidazole rings is 1. The molecule has 20 heavy (non-hydrogen) atoms. The van der Waals surface area contributed by atoms with Crippen molar-refractivity contribution in [2.45, 2.75) is 19.1 Å². The first kappa shape index (κ1) is 14.0. The zero-order valence-corrected chi connectivity index (χ0v) is 10.7. The standard InChI is InChI=1S/C13H15N3O4/c17-11(13(19)20)5-6-14-12(18)7-16-8-15-9-3-1-2-4-10(9)16/h1-4,8,11,17H,5-7H2,(H,14,18)(H,19,20). The van der Waals surface area contributed by atoms with Gasteiger partial charge in [0.1, 0.15) is 6.54 Å². The van der Waals surface area contributed by atoms with Gasteiger partial charge in [-0.3, -0.25) is 4.79 Å². The summed E-state index contributed by atoms with van der Waals surface area (Å²) < 4.78 is 1.71. The van der Waals surface area contributed by atoms with Gasteiger partial charge in [0, 0.05) is 13.0 Å². The molecule has 0 aliphatic rings. The number of aromatic nitrogens is 2. The molecule has 0 radical (unpaired) electrons. The molecule has 1 unspecified atom stereocenters. The number of amides is 1. The van der Waals surface area contributed by atoms with Crippen LogP contribution in [0.2, 0.25) is 0 Å². The number of nitrogens with zero attached hydrogens (tertiary/aromatic N) is 2. The van der Waals surface area contributed by atoms with E-state index in [1.165, 1.54) is 0 Å². The van der Waals surface area contributed by atoms with Gasteiger partial charge in [0.05, 0.1) is 17.4 Å². The smallest absolute Gasteiger partial charge is 0.332 e. The lowest BCUT2D eigenvalue weighted by Gasteiger charge is -2.08. The molecule has 7 nitrogen and oxygen atoms in total. The molecule has 1 atom stereocenters. The van der Waals surface area contributed by atoms with Crippen molar-refractivity contribution < 1.29 is 19.8 Å². The Hall–Kier alpha value is -2.41. The van der Waals surface area contributed by atoms with Crippen molar-refractivity contribution in [1.29, 1.82) is 0 Å². The van der Waals surface area contributed by atoms with Crippen molar-refractivity contribution in [3.8, 4) is 0 Å². The molecule has 7 heteroatoms. The quantitative estimate of drug-likeness (QED) is 0.688. The molecule has 0 saturated carbocycles. The molecule has 0 spiro atoms. The summed E-state index contributed by atoms with van der Waals surface area (Å²) >= 11 is 0. The molecule has 1 aromatic carbocycles. The maximum Gasteiger partial charge on any atom is 0.332 e. The highest BCUT2D eigenvalue weighted by atomic mass is 16.4. The normalized spacial score (nSPS) is 12.2. The molecular formula is C13H15N3O4. The maximum absolute atomic E-state index is 11.7. The van der Waals surface area contributed by atoms with E-state index in [0.29, 0.717) is 0 Å². The lowest BCUT2D eigenvalue weighted by atomic mass is 10.2. The van der Waals surface area contributed by atoms with Crippen LogP contribution < -0.4 is 5.32 Å². The molecule has 0 bridgehead atoms. The minimum absolute atomic E-state index is 0.0221. The van der Waals surface area contributed by atoms with Gasteiger partial charge in [-0.2, -0.15) is 0 Å². The molecule has 0 saturated heterocycles. The Morgan fingerprint density at radius 1 is 1.35 bits per heavy atom. The number of aliphatic carboxylic acids is 1. The van der Waals surface area contributed by atoms with E-state index in [1.54, 1.807) is 10.9 Å². The van der Waals surface area contributed by atoms with E-state index in [-0.39, 0.29) is 25.4 Å². The number of rotatable bonds is 6. The molecular weight excluding hydrogens is 262 g/mol. The van der Waals surface area contributed by atoms with Crippen LogP contribution in [0.4, 0.5) is 0 Å². The van der Waals surface area contributed by atoms with Crippen molar-refractivity contribution in [2.24, 2.45) is 0 Å². The largest absolute Gasteiger partial charge is 0.479 e. The lowest BCUT2D eigenvalue weighted by Crippen LogP contribution is -2.32. The first-order chi connectivity index (χ1) is 9.58. The molecule has 3 N–H and O–H groups in total. The van der Waals surface area contributed by atoms with Crippen LogP contribution in [-0.2, 0) is 16.1 Å². The Morgan fingerprint density at radius 3 is 2.85 bits per heavy atom. The molecule has 0 fully saturated rings. The third-order valence-corrected chi connectivity index (χ3v) is 2.87. The third-order valence-electron chi connectivity index (χ3n) is 2.87. The summed E-state index contributed by atoms with van der Waals surface area (Å²) in [7, 11) is 0. The Balaban J connectivity index is 1.87. The predicted molar refractivity (Wildman–Crippen MR) is 71.0 cm³/mol. The van der Waals surface area contributed by atoms with Gasteiger partial charge in [0.25, 0.3) is 0 Å². The molecule has 106 valence electrons. The molecule has 0 aliphatic carbocycles. The van der Waals surface area contributed by atoms with Crippen LogP contribution in [0.1, 0.15) is 6.42 Å². The summed E-state index contributed by atoms with van der Waals surface area (Å²) in [6.45, 7) is 0.211. The second-order valence-corrected chi connectivity index (χ2v) is 4.35. The predicted octanol–water partition coefficient (Wildman–Crippen LogP) is -0.0119. The Morgan fingerprint density at radius 2 is 2.10 bits per heavy atom. The number of fused-ring (bicyclic) bond motifs is 1. The van der Waals surface area contributed by atoms with E-state index in [0.717, 1.165) is 11.0 Å². The second-order valence-electron chi connectivity index (χ2n) is 4.35. The SMILES string of the molecule is O=C(Cn1cnc2ccccc21)NCCC(O)C(=O)O. The van der Waals surface area contributed by atoms with Crippen LogP contribution in [-0.4, -0.2) is 44.3 Å². The number of carboxylic acid groups (broad SMARTS) is 1. The summed E-state index contributed by atoms with van der Waals surface area (Å²) in [4.78, 5) is 26.3. The first-order valence-electron chi connectivity index (χ1n) is 6.15. The molecule has 1 amide bonds. The van der Waals surface area contributed by atoms with Gasteiger partial charge in [0.2, 0.25) is 5.91 Å². The number of benzene rings is 1. The number of para-hydroxylation sites is 2. The fourth-order valence-electron chi connectivity index (χ4n) is 1.82. The Bertz CT molecular complexity index is 623. The maximum atomic E-state index is 11.7. The van der Waals surface area contributed by atoms with Crippen molar-refractivity contribution in [3.63, 3.8) is 0 Å². The first-order valence-corrected chi connectivity index (χ1v) is 6.15. The van der Waals surface area contributed by atoms with Crippen molar-refractivity contribution in [1.82, 2.24) is 14.9 Å².